The van der Waals surface area contributed by atoms with Crippen molar-refractivity contribution in [2.75, 3.05) is 39.5 Å². The number of hydrogen-bond donors (Lipinski definition) is 1. The largest absolute Gasteiger partial charge is 0.493 e. The molecule has 1 N–H and O–H groups in total. The first-order valence-electron chi connectivity index (χ1n) is 10.3. The summed E-state index contributed by atoms with van der Waals surface area (Å²) in [5.74, 6) is 1.75. The number of aryl methyl sites for hydroxylation is 1. The topological polar surface area (TPSA) is 59.8 Å². The van der Waals surface area contributed by atoms with Gasteiger partial charge in [0.05, 0.1) is 31.0 Å². The zero-order chi connectivity index (χ0) is 19.8. The van der Waals surface area contributed by atoms with Crippen molar-refractivity contribution in [3.05, 3.63) is 36.7 Å². The summed E-state index contributed by atoms with van der Waals surface area (Å²) in [6, 6.07) is 8.06. The van der Waals surface area contributed by atoms with Crippen LogP contribution in [0, 0.1) is 0 Å². The SMILES string of the molecule is CC(C)(O)CCn1ccnc1-c1ccccc1OCCCCN1CCOCC1. The van der Waals surface area contributed by atoms with Gasteiger partial charge >= 0.3 is 0 Å². The normalized spacial score (nSPS) is 15.7. The molecule has 0 unspecified atom stereocenters. The van der Waals surface area contributed by atoms with Gasteiger partial charge in [0.25, 0.3) is 0 Å². The Morgan fingerprint density at radius 3 is 2.71 bits per heavy atom. The highest BCUT2D eigenvalue weighted by Crippen LogP contribution is 2.29. The number of benzene rings is 1. The van der Waals surface area contributed by atoms with E-state index in [-0.39, 0.29) is 0 Å². The van der Waals surface area contributed by atoms with E-state index < -0.39 is 5.60 Å². The molecule has 0 bridgehead atoms. The van der Waals surface area contributed by atoms with Gasteiger partial charge in [0.15, 0.2) is 0 Å². The fraction of sp³-hybridized carbons (Fsp3) is 0.591. The average molecular weight is 388 g/mol. The number of ether oxygens (including phenoxy) is 2. The zero-order valence-corrected chi connectivity index (χ0v) is 17.1. The lowest BCUT2D eigenvalue weighted by atomic mass is 10.1. The summed E-state index contributed by atoms with van der Waals surface area (Å²) >= 11 is 0. The van der Waals surface area contributed by atoms with Gasteiger partial charge in [-0.05, 0) is 51.8 Å². The minimum atomic E-state index is -0.696. The van der Waals surface area contributed by atoms with Gasteiger partial charge in [-0.1, -0.05) is 12.1 Å². The molecule has 6 nitrogen and oxygen atoms in total. The molecule has 28 heavy (non-hydrogen) atoms. The Bertz CT molecular complexity index is 718. The van der Waals surface area contributed by atoms with Crippen molar-refractivity contribution < 1.29 is 14.6 Å². The molecule has 6 heteroatoms. The van der Waals surface area contributed by atoms with Gasteiger partial charge in [-0.25, -0.2) is 4.98 Å². The monoisotopic (exact) mass is 387 g/mol. The predicted molar refractivity (Wildman–Crippen MR) is 111 cm³/mol. The third-order valence-corrected chi connectivity index (χ3v) is 5.04. The quantitative estimate of drug-likeness (QED) is 0.635. The second-order valence-corrected chi connectivity index (χ2v) is 8.01. The summed E-state index contributed by atoms with van der Waals surface area (Å²) in [6.45, 7) is 9.96. The number of unbranched alkanes of at least 4 members (excludes halogenated alkanes) is 1. The van der Waals surface area contributed by atoms with E-state index in [4.69, 9.17) is 9.47 Å². The lowest BCUT2D eigenvalue weighted by Gasteiger charge is -2.26. The average Bonchev–Trinajstić information content (AvgIpc) is 3.15. The van der Waals surface area contributed by atoms with E-state index in [1.165, 1.54) is 0 Å². The maximum atomic E-state index is 10.0. The van der Waals surface area contributed by atoms with Crippen molar-refractivity contribution >= 4 is 0 Å². The van der Waals surface area contributed by atoms with Gasteiger partial charge in [-0.3, -0.25) is 4.90 Å². The van der Waals surface area contributed by atoms with Gasteiger partial charge in [0.2, 0.25) is 0 Å². The van der Waals surface area contributed by atoms with Crippen LogP contribution in [-0.4, -0.2) is 64.6 Å². The number of rotatable bonds is 10. The van der Waals surface area contributed by atoms with Gasteiger partial charge < -0.3 is 19.1 Å². The van der Waals surface area contributed by atoms with Crippen LogP contribution < -0.4 is 4.74 Å². The van der Waals surface area contributed by atoms with E-state index in [1.54, 1.807) is 6.20 Å². The molecule has 1 aliphatic rings. The molecule has 1 saturated heterocycles. The van der Waals surface area contributed by atoms with E-state index >= 15 is 0 Å². The second-order valence-electron chi connectivity index (χ2n) is 8.01. The molecule has 0 radical (unpaired) electrons. The zero-order valence-electron chi connectivity index (χ0n) is 17.1. The first kappa shape index (κ1) is 20.8. The lowest BCUT2D eigenvalue weighted by molar-refractivity contribution is 0.0368. The number of imidazole rings is 1. The van der Waals surface area contributed by atoms with Gasteiger partial charge in [0.1, 0.15) is 11.6 Å². The molecule has 1 fully saturated rings. The highest BCUT2D eigenvalue weighted by atomic mass is 16.5. The van der Waals surface area contributed by atoms with Gasteiger partial charge in [0, 0.05) is 32.0 Å². The van der Waals surface area contributed by atoms with Crippen molar-refractivity contribution in [3.63, 3.8) is 0 Å². The molecule has 1 aliphatic heterocycles. The maximum absolute atomic E-state index is 10.0. The Morgan fingerprint density at radius 2 is 1.93 bits per heavy atom. The number of hydrogen-bond acceptors (Lipinski definition) is 5. The molecule has 154 valence electrons. The van der Waals surface area contributed by atoms with Crippen molar-refractivity contribution in [1.82, 2.24) is 14.5 Å². The molecule has 0 spiro atoms. The van der Waals surface area contributed by atoms with E-state index in [0.717, 1.165) is 62.8 Å². The Hall–Kier alpha value is -1.89. The Balaban J connectivity index is 1.54. The van der Waals surface area contributed by atoms with Crippen molar-refractivity contribution in [1.29, 1.82) is 0 Å². The summed E-state index contributed by atoms with van der Waals surface area (Å²) in [5, 5.41) is 10.0. The lowest BCUT2D eigenvalue weighted by Crippen LogP contribution is -2.36. The standard InChI is InChI=1S/C22H33N3O3/c1-22(2,26)9-12-25-13-10-23-21(25)19-7-3-4-8-20(19)28-16-6-5-11-24-14-17-27-18-15-24/h3-4,7-8,10,13,26H,5-6,9,11-12,14-18H2,1-2H3. The van der Waals surface area contributed by atoms with E-state index in [1.807, 2.05) is 44.3 Å². The Labute approximate surface area is 168 Å². The first-order chi connectivity index (χ1) is 13.5. The molecule has 3 rings (SSSR count). The van der Waals surface area contributed by atoms with Crippen molar-refractivity contribution in [3.8, 4) is 17.1 Å². The number of nitrogens with zero attached hydrogens (tertiary/aromatic N) is 3. The van der Waals surface area contributed by atoms with E-state index in [9.17, 15) is 5.11 Å². The predicted octanol–water partition coefficient (Wildman–Crippen LogP) is 3.20. The third kappa shape index (κ3) is 6.33. The summed E-state index contributed by atoms with van der Waals surface area (Å²) in [4.78, 5) is 6.99. The Morgan fingerprint density at radius 1 is 1.14 bits per heavy atom. The van der Waals surface area contributed by atoms with Crippen molar-refractivity contribution in [2.24, 2.45) is 0 Å². The van der Waals surface area contributed by atoms with Gasteiger partial charge in [-0.2, -0.15) is 0 Å². The van der Waals surface area contributed by atoms with Crippen LogP contribution in [0.15, 0.2) is 36.7 Å². The number of aliphatic hydroxyl groups is 1. The fourth-order valence-electron chi connectivity index (χ4n) is 3.35. The molecule has 0 aliphatic carbocycles. The summed E-state index contributed by atoms with van der Waals surface area (Å²) < 4.78 is 13.6. The minimum Gasteiger partial charge on any atom is -0.493 e. The molecule has 0 atom stereocenters. The van der Waals surface area contributed by atoms with Crippen LogP contribution in [-0.2, 0) is 11.3 Å². The van der Waals surface area contributed by atoms with Crippen LogP contribution in [0.2, 0.25) is 0 Å². The molecule has 1 aromatic carbocycles. The fourth-order valence-corrected chi connectivity index (χ4v) is 3.35. The van der Waals surface area contributed by atoms with Crippen molar-refractivity contribution in [2.45, 2.75) is 45.3 Å². The maximum Gasteiger partial charge on any atom is 0.143 e. The molecule has 1 aromatic heterocycles. The molecule has 2 heterocycles. The summed E-state index contributed by atoms with van der Waals surface area (Å²) in [6.07, 6.45) is 6.58. The van der Waals surface area contributed by atoms with Crippen LogP contribution in [0.25, 0.3) is 11.4 Å². The molecular weight excluding hydrogens is 354 g/mol. The molecular formula is C22H33N3O3. The highest BCUT2D eigenvalue weighted by molar-refractivity contribution is 5.64. The molecule has 0 saturated carbocycles. The van der Waals surface area contributed by atoms with E-state index in [2.05, 4.69) is 14.5 Å². The minimum absolute atomic E-state index is 0.668. The smallest absolute Gasteiger partial charge is 0.143 e. The number of morpholine rings is 1. The van der Waals surface area contributed by atoms with E-state index in [0.29, 0.717) is 19.6 Å². The summed E-state index contributed by atoms with van der Waals surface area (Å²) in [5.41, 5.74) is 0.300. The van der Waals surface area contributed by atoms with Gasteiger partial charge in [-0.15, -0.1) is 0 Å². The number of para-hydroxylation sites is 1. The van der Waals surface area contributed by atoms with Crippen LogP contribution in [0.4, 0.5) is 0 Å². The van der Waals surface area contributed by atoms with Crippen LogP contribution in [0.3, 0.4) is 0 Å². The molecule has 2 aromatic rings. The Kier molecular flexibility index (Phi) is 7.48. The summed E-state index contributed by atoms with van der Waals surface area (Å²) in [7, 11) is 0. The highest BCUT2D eigenvalue weighted by Gasteiger charge is 2.16. The first-order valence-corrected chi connectivity index (χ1v) is 10.3. The van der Waals surface area contributed by atoms with Crippen LogP contribution in [0.5, 0.6) is 5.75 Å². The van der Waals surface area contributed by atoms with Crippen LogP contribution >= 0.6 is 0 Å². The third-order valence-electron chi connectivity index (χ3n) is 5.04. The van der Waals surface area contributed by atoms with Crippen LogP contribution in [0.1, 0.15) is 33.1 Å². The number of aromatic nitrogens is 2. The second kappa shape index (κ2) is 10.0. The molecule has 0 amide bonds.